The van der Waals surface area contributed by atoms with Gasteiger partial charge in [-0.3, -0.25) is 0 Å². The second-order valence-corrected chi connectivity index (χ2v) is 7.70. The monoisotopic (exact) mass is 264 g/mol. The van der Waals surface area contributed by atoms with E-state index >= 15 is 0 Å². The quantitative estimate of drug-likeness (QED) is 0.287. The van der Waals surface area contributed by atoms with Gasteiger partial charge < -0.3 is 31.0 Å². The maximum Gasteiger partial charge on any atom is 0.334 e. The Kier molecular flexibility index (Phi) is 9.94. The molecule has 17 heavy (non-hydrogen) atoms. The average Bonchev–Trinajstić information content (AvgIpc) is 2.37. The predicted octanol–water partition coefficient (Wildman–Crippen LogP) is -0.836. The molecular weight excluding hydrogens is 236 g/mol. The minimum atomic E-state index is -1.98. The van der Waals surface area contributed by atoms with Gasteiger partial charge in [-0.25, -0.2) is 0 Å². The lowest BCUT2D eigenvalue weighted by atomic mass is 10.3. The lowest BCUT2D eigenvalue weighted by molar-refractivity contribution is 0.244. The molecule has 0 unspecified atom stereocenters. The highest BCUT2D eigenvalue weighted by Gasteiger charge is 2.29. The smallest absolute Gasteiger partial charge is 0.334 e. The maximum absolute atomic E-state index is 5.48. The minimum absolute atomic E-state index is 0.222. The van der Waals surface area contributed by atoms with Crippen LogP contribution in [-0.2, 0) is 8.85 Å². The summed E-state index contributed by atoms with van der Waals surface area (Å²) in [7, 11) is 1.45. The van der Waals surface area contributed by atoms with Crippen molar-refractivity contribution in [1.29, 1.82) is 0 Å². The molecule has 7 heteroatoms. The average molecular weight is 264 g/mol. The van der Waals surface area contributed by atoms with Crippen LogP contribution in [0.15, 0.2) is 0 Å². The molecule has 6 N–H and O–H groups in total. The van der Waals surface area contributed by atoms with E-state index in [0.717, 1.165) is 25.6 Å². The third kappa shape index (κ3) is 7.82. The predicted molar refractivity (Wildman–Crippen MR) is 73.0 cm³/mol. The van der Waals surface area contributed by atoms with Crippen LogP contribution in [-0.4, -0.2) is 55.1 Å². The highest BCUT2D eigenvalue weighted by atomic mass is 28.4. The van der Waals surface area contributed by atoms with Crippen LogP contribution in [0.4, 0.5) is 0 Å². The molecule has 0 bridgehead atoms. The molecule has 0 spiro atoms. The molecule has 0 saturated carbocycles. The summed E-state index contributed by atoms with van der Waals surface area (Å²) < 4.78 is 10.9. The second-order valence-electron chi connectivity index (χ2n) is 4.12. The second kappa shape index (κ2) is 9.95. The zero-order chi connectivity index (χ0) is 13.1. The lowest BCUT2D eigenvalue weighted by Gasteiger charge is -2.26. The largest absolute Gasteiger partial charge is 0.398 e. The zero-order valence-electron chi connectivity index (χ0n) is 11.3. The van der Waals surface area contributed by atoms with E-state index in [4.69, 9.17) is 20.3 Å². The summed E-state index contributed by atoms with van der Waals surface area (Å²) in [6.45, 7) is 4.91. The topological polar surface area (TPSA) is 94.6 Å². The Morgan fingerprint density at radius 3 is 1.88 bits per heavy atom. The third-order valence-corrected chi connectivity index (χ3v) is 5.74. The summed E-state index contributed by atoms with van der Waals surface area (Å²) in [4.78, 5) is 0. The summed E-state index contributed by atoms with van der Waals surface area (Å²) in [5.74, 6) is 0. The van der Waals surface area contributed by atoms with Crippen molar-refractivity contribution in [2.45, 2.75) is 25.2 Å². The van der Waals surface area contributed by atoms with E-state index < -0.39 is 8.56 Å². The molecule has 0 atom stereocenters. The van der Waals surface area contributed by atoms with Crippen molar-refractivity contribution in [3.05, 3.63) is 0 Å². The fourth-order valence-corrected chi connectivity index (χ4v) is 2.87. The molecule has 0 aliphatic rings. The van der Waals surface area contributed by atoms with E-state index in [-0.39, 0.29) is 6.17 Å². The first kappa shape index (κ1) is 17.0. The summed E-state index contributed by atoms with van der Waals surface area (Å²) in [6, 6.07) is 0.930. The summed E-state index contributed by atoms with van der Waals surface area (Å²) >= 11 is 0. The first-order chi connectivity index (χ1) is 8.11. The Hall–Kier alpha value is -0.0231. The minimum Gasteiger partial charge on any atom is -0.398 e. The Labute approximate surface area is 106 Å². The Bertz CT molecular complexity index is 174. The summed E-state index contributed by atoms with van der Waals surface area (Å²) in [5, 5.41) is 6.69. The molecule has 0 saturated heterocycles. The maximum atomic E-state index is 5.48. The number of hydrogen-bond donors (Lipinski definition) is 4. The lowest BCUT2D eigenvalue weighted by Crippen LogP contribution is -2.48. The molecule has 0 aliphatic heterocycles. The fraction of sp³-hybridized carbons (Fsp3) is 1.00. The molecule has 0 heterocycles. The van der Waals surface area contributed by atoms with Crippen LogP contribution in [0.3, 0.4) is 0 Å². The van der Waals surface area contributed by atoms with Gasteiger partial charge in [0.15, 0.2) is 0 Å². The number of rotatable bonds is 11. The van der Waals surface area contributed by atoms with Crippen molar-refractivity contribution in [2.24, 2.45) is 11.5 Å². The third-order valence-electron chi connectivity index (χ3n) is 2.82. The Morgan fingerprint density at radius 2 is 1.53 bits per heavy atom. The highest BCUT2D eigenvalue weighted by molar-refractivity contribution is 6.65. The van der Waals surface area contributed by atoms with Gasteiger partial charge in [-0.15, -0.1) is 0 Å². The number of hydrogen-bond acceptors (Lipinski definition) is 6. The van der Waals surface area contributed by atoms with Crippen LogP contribution in [0.5, 0.6) is 0 Å². The standard InChI is InChI=1S/C10H28N4O2Si/c1-15-17(3,16-2)9-4-10(13-7-5-11)14-8-6-12/h10,13-14H,4-9,11-12H2,1-3H3. The fourth-order valence-electron chi connectivity index (χ4n) is 1.49. The Morgan fingerprint density at radius 1 is 1.06 bits per heavy atom. The van der Waals surface area contributed by atoms with Crippen LogP contribution in [0.1, 0.15) is 6.42 Å². The van der Waals surface area contributed by atoms with E-state index in [1.807, 2.05) is 0 Å². The van der Waals surface area contributed by atoms with E-state index in [2.05, 4.69) is 17.2 Å². The van der Waals surface area contributed by atoms with Crippen LogP contribution >= 0.6 is 0 Å². The molecule has 0 aliphatic carbocycles. The zero-order valence-corrected chi connectivity index (χ0v) is 12.3. The van der Waals surface area contributed by atoms with Crippen LogP contribution in [0.2, 0.25) is 12.6 Å². The molecule has 0 fully saturated rings. The molecule has 6 nitrogen and oxygen atoms in total. The van der Waals surface area contributed by atoms with Gasteiger partial charge >= 0.3 is 8.56 Å². The first-order valence-corrected chi connectivity index (χ1v) is 8.61. The molecule has 0 rings (SSSR count). The van der Waals surface area contributed by atoms with Gasteiger partial charge in [0.05, 0.1) is 6.17 Å². The summed E-state index contributed by atoms with van der Waals surface area (Å²) in [5.41, 5.74) is 11.0. The van der Waals surface area contributed by atoms with Crippen LogP contribution < -0.4 is 22.1 Å². The Balaban J connectivity index is 4.03. The molecule has 104 valence electrons. The first-order valence-electron chi connectivity index (χ1n) is 6.09. The number of nitrogens with two attached hydrogens (primary N) is 2. The van der Waals surface area contributed by atoms with Crippen molar-refractivity contribution < 1.29 is 8.85 Å². The highest BCUT2D eigenvalue weighted by Crippen LogP contribution is 2.14. The van der Waals surface area contributed by atoms with Gasteiger partial charge in [0.1, 0.15) is 0 Å². The molecule has 0 aromatic rings. The van der Waals surface area contributed by atoms with E-state index in [9.17, 15) is 0 Å². The van der Waals surface area contributed by atoms with E-state index in [1.54, 1.807) is 14.2 Å². The van der Waals surface area contributed by atoms with Crippen molar-refractivity contribution in [3.63, 3.8) is 0 Å². The molecule has 0 radical (unpaired) electrons. The molecular formula is C10H28N4O2Si. The number of nitrogens with one attached hydrogen (secondary N) is 2. The normalized spacial score (nSPS) is 12.4. The molecule has 0 aromatic heterocycles. The van der Waals surface area contributed by atoms with Gasteiger partial charge in [0, 0.05) is 40.4 Å². The van der Waals surface area contributed by atoms with Crippen LogP contribution in [0.25, 0.3) is 0 Å². The van der Waals surface area contributed by atoms with Crippen molar-refractivity contribution in [3.8, 4) is 0 Å². The molecule has 0 aromatic carbocycles. The van der Waals surface area contributed by atoms with Gasteiger partial charge in [0.25, 0.3) is 0 Å². The van der Waals surface area contributed by atoms with Gasteiger partial charge in [-0.2, -0.15) is 0 Å². The summed E-state index contributed by atoms with van der Waals surface area (Å²) in [6.07, 6.45) is 1.17. The van der Waals surface area contributed by atoms with Crippen molar-refractivity contribution in [2.75, 3.05) is 40.4 Å². The van der Waals surface area contributed by atoms with Gasteiger partial charge in [-0.05, 0) is 19.0 Å². The van der Waals surface area contributed by atoms with Crippen LogP contribution in [0, 0.1) is 0 Å². The van der Waals surface area contributed by atoms with Crippen molar-refractivity contribution >= 4 is 8.56 Å². The van der Waals surface area contributed by atoms with Gasteiger partial charge in [-0.1, -0.05) is 0 Å². The molecule has 0 amide bonds. The SMILES string of the molecule is CO[Si](C)(CCC(NCCN)NCCN)OC. The van der Waals surface area contributed by atoms with Crippen molar-refractivity contribution in [1.82, 2.24) is 10.6 Å². The van der Waals surface area contributed by atoms with E-state index in [1.165, 1.54) is 0 Å². The van der Waals surface area contributed by atoms with E-state index in [0.29, 0.717) is 13.1 Å². The van der Waals surface area contributed by atoms with Gasteiger partial charge in [0.2, 0.25) is 0 Å².